The van der Waals surface area contributed by atoms with Crippen LogP contribution in [0.15, 0.2) is 58.0 Å². The molecule has 31 heavy (non-hydrogen) atoms. The van der Waals surface area contributed by atoms with E-state index in [4.69, 9.17) is 16.0 Å². The highest BCUT2D eigenvalue weighted by molar-refractivity contribution is 8.18. The maximum atomic E-state index is 12.8. The minimum absolute atomic E-state index is 0.00889. The molecule has 3 aromatic rings. The predicted octanol–water partition coefficient (Wildman–Crippen LogP) is 5.06. The highest BCUT2D eigenvalue weighted by Gasteiger charge is 2.36. The first kappa shape index (κ1) is 21.0. The molecule has 0 spiro atoms. The zero-order valence-corrected chi connectivity index (χ0v) is 18.2. The number of hydrogen-bond donors (Lipinski definition) is 0. The van der Waals surface area contributed by atoms with E-state index in [2.05, 4.69) is 4.74 Å². The van der Waals surface area contributed by atoms with E-state index in [1.807, 2.05) is 48.0 Å². The molecule has 0 atom stereocenters. The molecule has 1 aromatic carbocycles. The average molecular weight is 457 g/mol. The Kier molecular flexibility index (Phi) is 5.75. The average Bonchev–Trinajstić information content (AvgIpc) is 3.47. The Morgan fingerprint density at radius 2 is 2.03 bits per heavy atom. The minimum Gasteiger partial charge on any atom is -0.463 e. The van der Waals surface area contributed by atoms with Crippen molar-refractivity contribution < 1.29 is 23.5 Å². The summed E-state index contributed by atoms with van der Waals surface area (Å²) in [5.41, 5.74) is 2.54. The van der Waals surface area contributed by atoms with Crippen LogP contribution in [-0.4, -0.2) is 33.7 Å². The van der Waals surface area contributed by atoms with Gasteiger partial charge in [-0.25, -0.2) is 4.79 Å². The topological polar surface area (TPSA) is 81.8 Å². The van der Waals surface area contributed by atoms with Crippen molar-refractivity contribution in [3.8, 4) is 5.69 Å². The van der Waals surface area contributed by atoms with E-state index in [0.29, 0.717) is 15.7 Å². The van der Waals surface area contributed by atoms with Crippen LogP contribution in [0.3, 0.4) is 0 Å². The zero-order valence-electron chi connectivity index (χ0n) is 16.6. The van der Waals surface area contributed by atoms with Gasteiger partial charge in [0, 0.05) is 22.6 Å². The zero-order chi connectivity index (χ0) is 22.1. The van der Waals surface area contributed by atoms with Gasteiger partial charge in [0.1, 0.15) is 5.76 Å². The van der Waals surface area contributed by atoms with Crippen molar-refractivity contribution >= 4 is 46.6 Å². The molecule has 0 bridgehead atoms. The van der Waals surface area contributed by atoms with Crippen LogP contribution in [-0.2, 0) is 16.1 Å². The molecule has 3 heterocycles. The van der Waals surface area contributed by atoms with Crippen molar-refractivity contribution in [1.29, 1.82) is 0 Å². The Labute approximate surface area is 187 Å². The summed E-state index contributed by atoms with van der Waals surface area (Å²) in [6.45, 7) is 1.85. The minimum atomic E-state index is -0.628. The van der Waals surface area contributed by atoms with E-state index in [9.17, 15) is 14.4 Å². The summed E-state index contributed by atoms with van der Waals surface area (Å²) in [7, 11) is 1.24. The molecule has 9 heteroatoms. The van der Waals surface area contributed by atoms with E-state index in [0.717, 1.165) is 33.6 Å². The Morgan fingerprint density at radius 1 is 1.23 bits per heavy atom. The van der Waals surface area contributed by atoms with Crippen LogP contribution in [0.1, 0.15) is 27.6 Å². The first-order valence-electron chi connectivity index (χ1n) is 9.23. The van der Waals surface area contributed by atoms with E-state index in [1.165, 1.54) is 19.2 Å². The number of rotatable bonds is 5. The van der Waals surface area contributed by atoms with Crippen LogP contribution in [0.25, 0.3) is 11.8 Å². The van der Waals surface area contributed by atoms with Gasteiger partial charge in [-0.2, -0.15) is 0 Å². The molecule has 1 fully saturated rings. The van der Waals surface area contributed by atoms with Gasteiger partial charge in [-0.1, -0.05) is 17.7 Å². The Bertz CT molecular complexity index is 1230. The van der Waals surface area contributed by atoms with E-state index in [1.54, 1.807) is 6.08 Å². The summed E-state index contributed by atoms with van der Waals surface area (Å²) in [4.78, 5) is 38.2. The SMILES string of the molecule is COC(=O)c1ccc(CN2C(=O)S/C(=C/c3cccn3-c3ccc(C)c(Cl)c3)C2=O)o1. The number of aryl methyl sites for hydroxylation is 1. The number of carbonyl (C=O) groups is 3. The van der Waals surface area contributed by atoms with Crippen LogP contribution in [0.5, 0.6) is 0 Å². The monoisotopic (exact) mass is 456 g/mol. The Hall–Kier alpha value is -3.23. The highest BCUT2D eigenvalue weighted by Crippen LogP contribution is 2.34. The number of halogens is 1. The maximum absolute atomic E-state index is 12.8. The van der Waals surface area contributed by atoms with Crippen molar-refractivity contribution in [1.82, 2.24) is 9.47 Å². The standard InChI is InChI=1S/C22H17ClN2O5S/c1-13-5-6-15(10-17(13)23)24-9-3-4-14(24)11-19-20(26)25(22(28)31-19)12-16-7-8-18(30-16)21(27)29-2/h3-11H,12H2,1-2H3/b19-11+. The molecule has 2 amide bonds. The second kappa shape index (κ2) is 8.49. The predicted molar refractivity (Wildman–Crippen MR) is 117 cm³/mol. The maximum Gasteiger partial charge on any atom is 0.373 e. The third-order valence-corrected chi connectivity index (χ3v) is 6.04. The molecule has 1 saturated heterocycles. The molecule has 0 N–H and O–H groups in total. The molecule has 0 aliphatic carbocycles. The van der Waals surface area contributed by atoms with Gasteiger partial charge in [0.15, 0.2) is 0 Å². The summed E-state index contributed by atoms with van der Waals surface area (Å²) in [5.74, 6) is -0.741. The number of imide groups is 1. The molecule has 1 aliphatic heterocycles. The lowest BCUT2D eigenvalue weighted by Crippen LogP contribution is -2.27. The number of benzene rings is 1. The molecule has 7 nitrogen and oxygen atoms in total. The second-order valence-electron chi connectivity index (χ2n) is 6.76. The molecule has 158 valence electrons. The fourth-order valence-corrected chi connectivity index (χ4v) is 4.08. The highest BCUT2D eigenvalue weighted by atomic mass is 35.5. The number of esters is 1. The van der Waals surface area contributed by atoms with Crippen molar-refractivity contribution in [3.63, 3.8) is 0 Å². The molecule has 0 unspecified atom stereocenters. The van der Waals surface area contributed by atoms with Gasteiger partial charge in [0.2, 0.25) is 5.76 Å². The lowest BCUT2D eigenvalue weighted by molar-refractivity contribution is -0.123. The summed E-state index contributed by atoms with van der Waals surface area (Å²) >= 11 is 7.10. The normalized spacial score (nSPS) is 15.2. The molecule has 0 saturated carbocycles. The lowest BCUT2D eigenvalue weighted by atomic mass is 10.2. The third-order valence-electron chi connectivity index (χ3n) is 4.73. The van der Waals surface area contributed by atoms with Crippen LogP contribution in [0, 0.1) is 6.92 Å². The smallest absolute Gasteiger partial charge is 0.373 e. The number of aromatic nitrogens is 1. The molecule has 2 aromatic heterocycles. The number of methoxy groups -OCH3 is 1. The van der Waals surface area contributed by atoms with E-state index in [-0.39, 0.29) is 12.3 Å². The van der Waals surface area contributed by atoms with Crippen molar-refractivity contribution in [2.75, 3.05) is 7.11 Å². The summed E-state index contributed by atoms with van der Waals surface area (Å²) in [6.07, 6.45) is 3.52. The largest absolute Gasteiger partial charge is 0.463 e. The lowest BCUT2D eigenvalue weighted by Gasteiger charge is -2.10. The molecule has 1 aliphatic rings. The summed E-state index contributed by atoms with van der Waals surface area (Å²) < 4.78 is 11.8. The molecular weight excluding hydrogens is 440 g/mol. The van der Waals surface area contributed by atoms with Crippen LogP contribution < -0.4 is 0 Å². The fraction of sp³-hybridized carbons (Fsp3) is 0.136. The number of hydrogen-bond acceptors (Lipinski definition) is 6. The third kappa shape index (κ3) is 4.17. The summed E-state index contributed by atoms with van der Waals surface area (Å²) in [5, 5.41) is 0.228. The van der Waals surface area contributed by atoms with Gasteiger partial charge < -0.3 is 13.7 Å². The second-order valence-corrected chi connectivity index (χ2v) is 8.16. The number of nitrogens with zero attached hydrogens (tertiary/aromatic N) is 2. The summed E-state index contributed by atoms with van der Waals surface area (Å²) in [6, 6.07) is 12.4. The molecular formula is C22H17ClN2O5S. The number of ether oxygens (including phenoxy) is 1. The van der Waals surface area contributed by atoms with Gasteiger partial charge in [-0.15, -0.1) is 0 Å². The van der Waals surface area contributed by atoms with E-state index >= 15 is 0 Å². The Balaban J connectivity index is 1.57. The first-order valence-corrected chi connectivity index (χ1v) is 10.4. The number of thioether (sulfide) groups is 1. The van der Waals surface area contributed by atoms with Gasteiger partial charge >= 0.3 is 5.97 Å². The first-order chi connectivity index (χ1) is 14.9. The number of furan rings is 1. The number of carbonyl (C=O) groups excluding carboxylic acids is 3. The van der Waals surface area contributed by atoms with Gasteiger partial charge in [-0.3, -0.25) is 14.5 Å². The van der Waals surface area contributed by atoms with Crippen molar-refractivity contribution in [2.45, 2.75) is 13.5 Å². The quantitative estimate of drug-likeness (QED) is 0.394. The van der Waals surface area contributed by atoms with Crippen molar-refractivity contribution in [3.05, 3.63) is 81.4 Å². The Morgan fingerprint density at radius 3 is 2.77 bits per heavy atom. The van der Waals surface area contributed by atoms with Crippen LogP contribution in [0.2, 0.25) is 5.02 Å². The fourth-order valence-electron chi connectivity index (χ4n) is 3.08. The van der Waals surface area contributed by atoms with Crippen LogP contribution >= 0.6 is 23.4 Å². The van der Waals surface area contributed by atoms with Gasteiger partial charge in [-0.05, 0) is 66.7 Å². The molecule has 0 radical (unpaired) electrons. The van der Waals surface area contributed by atoms with Crippen molar-refractivity contribution in [2.24, 2.45) is 0 Å². The van der Waals surface area contributed by atoms with Gasteiger partial charge in [0.05, 0.1) is 18.6 Å². The number of amides is 2. The molecule has 4 rings (SSSR count). The van der Waals surface area contributed by atoms with Crippen LogP contribution in [0.4, 0.5) is 4.79 Å². The van der Waals surface area contributed by atoms with Gasteiger partial charge in [0.25, 0.3) is 11.1 Å². The van der Waals surface area contributed by atoms with E-state index < -0.39 is 17.1 Å².